The van der Waals surface area contributed by atoms with Crippen molar-refractivity contribution in [3.05, 3.63) is 0 Å². The maximum absolute atomic E-state index is 13.0. The maximum Gasteiger partial charge on any atom is 0.472 e. The van der Waals surface area contributed by atoms with Gasteiger partial charge in [-0.3, -0.25) is 37.3 Å². The zero-order valence-corrected chi connectivity index (χ0v) is 54.9. The summed E-state index contributed by atoms with van der Waals surface area (Å²) in [6.45, 7) is 13.9. The fourth-order valence-electron chi connectivity index (χ4n) is 9.25. The van der Waals surface area contributed by atoms with E-state index in [1.807, 2.05) is 0 Å². The highest BCUT2D eigenvalue weighted by Gasteiger charge is 2.30. The normalized spacial score (nSPS) is 14.5. The summed E-state index contributed by atoms with van der Waals surface area (Å²) in [6.07, 6.45) is 32.5. The van der Waals surface area contributed by atoms with Crippen molar-refractivity contribution in [1.29, 1.82) is 0 Å². The second-order valence-corrected chi connectivity index (χ2v) is 27.6. The molecule has 0 saturated carbocycles. The number of aliphatic hydroxyl groups excluding tert-OH is 1. The van der Waals surface area contributed by atoms with Gasteiger partial charge in [0.05, 0.1) is 26.4 Å². The van der Waals surface area contributed by atoms with Crippen molar-refractivity contribution in [2.24, 2.45) is 23.7 Å². The molecule has 0 aliphatic rings. The van der Waals surface area contributed by atoms with Crippen LogP contribution in [0.15, 0.2) is 0 Å². The van der Waals surface area contributed by atoms with Crippen LogP contribution < -0.4 is 0 Å². The summed E-state index contributed by atoms with van der Waals surface area (Å²) >= 11 is 0. The minimum absolute atomic E-state index is 0.100. The van der Waals surface area contributed by atoms with E-state index in [9.17, 15) is 43.2 Å². The molecule has 2 unspecified atom stereocenters. The number of carbonyl (C=O) groups is 4. The molecule has 0 saturated heterocycles. The van der Waals surface area contributed by atoms with Crippen LogP contribution in [0.25, 0.3) is 0 Å². The maximum atomic E-state index is 13.0. The van der Waals surface area contributed by atoms with Gasteiger partial charge in [-0.1, -0.05) is 248 Å². The van der Waals surface area contributed by atoms with E-state index in [-0.39, 0.29) is 25.7 Å². The lowest BCUT2D eigenvalue weighted by Gasteiger charge is -2.21. The van der Waals surface area contributed by atoms with Crippen molar-refractivity contribution in [1.82, 2.24) is 0 Å². The molecular formula is C63H122O17P2. The first-order valence-electron chi connectivity index (χ1n) is 32.7. The average molecular weight is 1210 g/mol. The summed E-state index contributed by atoms with van der Waals surface area (Å²) in [5, 5.41) is 10.5. The Kier molecular flexibility index (Phi) is 52.0. The molecule has 0 heterocycles. The number of phosphoric ester groups is 2. The third kappa shape index (κ3) is 57.2. The van der Waals surface area contributed by atoms with Crippen LogP contribution >= 0.6 is 15.6 Å². The summed E-state index contributed by atoms with van der Waals surface area (Å²) in [6, 6.07) is 0. The first-order chi connectivity index (χ1) is 39.1. The van der Waals surface area contributed by atoms with Gasteiger partial charge in [-0.05, 0) is 49.4 Å². The average Bonchev–Trinajstić information content (AvgIpc) is 3.42. The third-order valence-electron chi connectivity index (χ3n) is 14.3. The topological polar surface area (TPSA) is 237 Å². The number of hydrogen-bond donors (Lipinski definition) is 3. The molecule has 0 aromatic carbocycles. The Bertz CT molecular complexity index is 1640. The molecule has 17 nitrogen and oxygen atoms in total. The van der Waals surface area contributed by atoms with E-state index in [1.54, 1.807) is 0 Å². The summed E-state index contributed by atoms with van der Waals surface area (Å²) in [5.41, 5.74) is 0. The number of phosphoric acid groups is 2. The quantitative estimate of drug-likeness (QED) is 0.0222. The number of carbonyl (C=O) groups excluding carboxylic acids is 4. The Morgan fingerprint density at radius 3 is 0.756 bits per heavy atom. The molecule has 82 heavy (non-hydrogen) atoms. The van der Waals surface area contributed by atoms with Crippen molar-refractivity contribution in [3.8, 4) is 0 Å². The molecular weight excluding hydrogens is 1090 g/mol. The van der Waals surface area contributed by atoms with E-state index in [4.69, 9.17) is 37.0 Å². The van der Waals surface area contributed by atoms with Crippen molar-refractivity contribution >= 4 is 39.5 Å². The molecule has 0 radical (unpaired) electrons. The Hall–Kier alpha value is -1.94. The largest absolute Gasteiger partial charge is 0.472 e. The molecule has 0 rings (SSSR count). The fourth-order valence-corrected chi connectivity index (χ4v) is 10.8. The van der Waals surface area contributed by atoms with Gasteiger partial charge < -0.3 is 33.8 Å². The molecule has 0 aliphatic heterocycles. The minimum atomic E-state index is -4.94. The monoisotopic (exact) mass is 1210 g/mol. The minimum Gasteiger partial charge on any atom is -0.462 e. The van der Waals surface area contributed by atoms with Crippen molar-refractivity contribution in [3.63, 3.8) is 0 Å². The van der Waals surface area contributed by atoms with Gasteiger partial charge >= 0.3 is 39.5 Å². The first kappa shape index (κ1) is 80.1. The molecule has 0 fully saturated rings. The van der Waals surface area contributed by atoms with Crippen LogP contribution in [-0.2, 0) is 65.4 Å². The van der Waals surface area contributed by atoms with Crippen LogP contribution in [0.1, 0.15) is 299 Å². The number of ether oxygens (including phenoxy) is 4. The van der Waals surface area contributed by atoms with E-state index >= 15 is 0 Å². The first-order valence-corrected chi connectivity index (χ1v) is 35.7. The van der Waals surface area contributed by atoms with E-state index in [0.717, 1.165) is 108 Å². The molecule has 3 N–H and O–H groups in total. The molecule has 486 valence electrons. The van der Waals surface area contributed by atoms with Gasteiger partial charge in [-0.25, -0.2) is 9.13 Å². The van der Waals surface area contributed by atoms with Crippen molar-refractivity contribution in [2.75, 3.05) is 39.6 Å². The highest BCUT2D eigenvalue weighted by Crippen LogP contribution is 2.45. The van der Waals surface area contributed by atoms with Gasteiger partial charge in [-0.2, -0.15) is 0 Å². The number of esters is 4. The summed E-state index contributed by atoms with van der Waals surface area (Å²) in [4.78, 5) is 72.1. The second kappa shape index (κ2) is 53.3. The highest BCUT2D eigenvalue weighted by atomic mass is 31.2. The van der Waals surface area contributed by atoms with E-state index in [1.165, 1.54) is 96.3 Å². The van der Waals surface area contributed by atoms with Gasteiger partial charge in [0.25, 0.3) is 0 Å². The van der Waals surface area contributed by atoms with Crippen LogP contribution in [0.3, 0.4) is 0 Å². The predicted octanol–water partition coefficient (Wildman–Crippen LogP) is 17.0. The lowest BCUT2D eigenvalue weighted by atomic mass is 10.0. The van der Waals surface area contributed by atoms with Gasteiger partial charge in [0.2, 0.25) is 0 Å². The molecule has 5 atom stereocenters. The molecule has 0 aliphatic carbocycles. The molecule has 0 amide bonds. The SMILES string of the molecule is CC(C)CCCCCCCCCCCCC(=O)OC[C@H](COP(=O)(O)OC[C@@H](O)COP(=O)(O)OC[C@@H](COC(=O)CCCCCCCCC(C)C)OC(=O)CCCCCCCCC(C)C)OC(=O)CCCCCCCCCCC(C)C. The summed E-state index contributed by atoms with van der Waals surface area (Å²) in [7, 11) is -9.89. The fraction of sp³-hybridized carbons (Fsp3) is 0.937. The van der Waals surface area contributed by atoms with Crippen LogP contribution in [0, 0.1) is 23.7 Å². The van der Waals surface area contributed by atoms with Crippen molar-refractivity contribution < 1.29 is 80.2 Å². The molecule has 0 spiro atoms. The van der Waals surface area contributed by atoms with E-state index in [0.29, 0.717) is 37.5 Å². The zero-order chi connectivity index (χ0) is 61.1. The Morgan fingerprint density at radius 2 is 0.512 bits per heavy atom. The molecule has 0 aromatic heterocycles. The summed E-state index contributed by atoms with van der Waals surface area (Å²) < 4.78 is 67.9. The van der Waals surface area contributed by atoms with E-state index < -0.39 is 97.5 Å². The Labute approximate surface area is 498 Å². The van der Waals surface area contributed by atoms with Gasteiger partial charge in [0.15, 0.2) is 12.2 Å². The van der Waals surface area contributed by atoms with Crippen LogP contribution in [0.4, 0.5) is 0 Å². The molecule has 0 aromatic rings. The van der Waals surface area contributed by atoms with Gasteiger partial charge in [0, 0.05) is 25.7 Å². The smallest absolute Gasteiger partial charge is 0.462 e. The lowest BCUT2D eigenvalue weighted by molar-refractivity contribution is -0.161. The highest BCUT2D eigenvalue weighted by molar-refractivity contribution is 7.47. The number of rotatable bonds is 60. The van der Waals surface area contributed by atoms with Crippen LogP contribution in [0.5, 0.6) is 0 Å². The van der Waals surface area contributed by atoms with Crippen LogP contribution in [0.2, 0.25) is 0 Å². The lowest BCUT2D eigenvalue weighted by Crippen LogP contribution is -2.30. The number of unbranched alkanes of at least 4 members (excludes halogenated alkanes) is 26. The van der Waals surface area contributed by atoms with Crippen molar-refractivity contribution in [2.45, 2.75) is 318 Å². The number of aliphatic hydroxyl groups is 1. The second-order valence-electron chi connectivity index (χ2n) is 24.7. The van der Waals surface area contributed by atoms with Gasteiger partial charge in [-0.15, -0.1) is 0 Å². The van der Waals surface area contributed by atoms with E-state index in [2.05, 4.69) is 55.4 Å². The molecule has 19 heteroatoms. The Morgan fingerprint density at radius 1 is 0.305 bits per heavy atom. The molecule has 0 bridgehead atoms. The Balaban J connectivity index is 5.24. The summed E-state index contributed by atoms with van der Waals surface area (Å²) in [5.74, 6) is 0.679. The predicted molar refractivity (Wildman–Crippen MR) is 326 cm³/mol. The zero-order valence-electron chi connectivity index (χ0n) is 53.1. The standard InChI is InChI=1S/C63H122O17P2/c1-53(2)39-31-23-15-11-9-10-12-17-27-35-43-60(65)73-49-58(79-62(67)45-37-29-18-14-13-16-24-32-40-54(3)4)51-77-81(69,70)75-47-57(64)48-76-82(71,72)78-52-59(80-63(68)46-38-30-22-20-26-34-42-56(7)8)50-74-61(66)44-36-28-21-19-25-33-41-55(5)6/h53-59,64H,9-52H2,1-8H3,(H,69,70)(H,71,72)/t57-,58-,59-/m1/s1. The van der Waals surface area contributed by atoms with Gasteiger partial charge in [0.1, 0.15) is 19.3 Å². The number of hydrogen-bond acceptors (Lipinski definition) is 15. The van der Waals surface area contributed by atoms with Crippen LogP contribution in [-0.4, -0.2) is 96.7 Å². The third-order valence-corrected chi connectivity index (χ3v) is 16.2.